The standard InChI is InChI=1S/C17H7ClF4N4OS/c18-10-6-8(17(20,21)22)5-9(13(10)19)15(27)26-16-25-14(12(7-23)28-16)11-3-1-2-4-24-11/h1-6H,(H,25,26,27). The van der Waals surface area contributed by atoms with E-state index in [9.17, 15) is 27.6 Å². The van der Waals surface area contributed by atoms with Crippen molar-refractivity contribution < 1.29 is 22.4 Å². The summed E-state index contributed by atoms with van der Waals surface area (Å²) < 4.78 is 52.8. The number of hydrogen-bond donors (Lipinski definition) is 1. The third kappa shape index (κ3) is 3.95. The number of thiazole rings is 1. The van der Waals surface area contributed by atoms with Gasteiger partial charge in [0.1, 0.15) is 16.6 Å². The molecule has 0 spiro atoms. The van der Waals surface area contributed by atoms with Crippen LogP contribution < -0.4 is 5.32 Å². The van der Waals surface area contributed by atoms with Gasteiger partial charge in [-0.3, -0.25) is 15.1 Å². The second kappa shape index (κ2) is 7.53. The molecule has 28 heavy (non-hydrogen) atoms. The molecule has 0 saturated carbocycles. The van der Waals surface area contributed by atoms with Crippen molar-refractivity contribution in [1.29, 1.82) is 5.26 Å². The number of pyridine rings is 1. The van der Waals surface area contributed by atoms with Crippen LogP contribution in [0.3, 0.4) is 0 Å². The van der Waals surface area contributed by atoms with Gasteiger partial charge in [-0.15, -0.1) is 0 Å². The maximum absolute atomic E-state index is 14.1. The third-order valence-electron chi connectivity index (χ3n) is 3.46. The second-order valence-corrected chi connectivity index (χ2v) is 6.70. The van der Waals surface area contributed by atoms with Gasteiger partial charge in [0.15, 0.2) is 10.9 Å². The molecule has 3 aromatic rings. The number of nitrogens with zero attached hydrogens (tertiary/aromatic N) is 3. The molecule has 0 saturated heterocycles. The van der Waals surface area contributed by atoms with Crippen LogP contribution in [0.25, 0.3) is 11.4 Å². The van der Waals surface area contributed by atoms with E-state index in [0.29, 0.717) is 17.8 Å². The molecule has 11 heteroatoms. The van der Waals surface area contributed by atoms with Crippen molar-refractivity contribution in [2.45, 2.75) is 6.18 Å². The molecule has 0 aliphatic heterocycles. The van der Waals surface area contributed by atoms with Crippen LogP contribution in [0.5, 0.6) is 0 Å². The molecule has 1 N–H and O–H groups in total. The van der Waals surface area contributed by atoms with Gasteiger partial charge in [-0.2, -0.15) is 18.4 Å². The normalized spacial score (nSPS) is 11.1. The summed E-state index contributed by atoms with van der Waals surface area (Å²) in [4.78, 5) is 20.5. The van der Waals surface area contributed by atoms with Crippen molar-refractivity contribution in [2.24, 2.45) is 0 Å². The van der Waals surface area contributed by atoms with E-state index in [1.807, 2.05) is 6.07 Å². The van der Waals surface area contributed by atoms with E-state index in [4.69, 9.17) is 11.6 Å². The summed E-state index contributed by atoms with van der Waals surface area (Å²) in [5.74, 6) is -2.48. The van der Waals surface area contributed by atoms with E-state index >= 15 is 0 Å². The summed E-state index contributed by atoms with van der Waals surface area (Å²) in [6, 6.07) is 7.56. The number of carbonyl (C=O) groups excluding carboxylic acids is 1. The summed E-state index contributed by atoms with van der Waals surface area (Å²) in [5, 5.41) is 10.5. The Morgan fingerprint density at radius 3 is 2.64 bits per heavy atom. The molecule has 1 amide bonds. The number of alkyl halides is 3. The second-order valence-electron chi connectivity index (χ2n) is 5.30. The van der Waals surface area contributed by atoms with E-state index in [1.165, 1.54) is 6.20 Å². The lowest BCUT2D eigenvalue weighted by atomic mass is 10.1. The molecule has 0 aliphatic carbocycles. The first kappa shape index (κ1) is 19.7. The fourth-order valence-electron chi connectivity index (χ4n) is 2.21. The minimum atomic E-state index is -4.81. The van der Waals surface area contributed by atoms with Crippen LogP contribution >= 0.6 is 22.9 Å². The lowest BCUT2D eigenvalue weighted by Crippen LogP contribution is -2.16. The van der Waals surface area contributed by atoms with Crippen LogP contribution in [0.1, 0.15) is 20.8 Å². The van der Waals surface area contributed by atoms with E-state index in [1.54, 1.807) is 18.2 Å². The van der Waals surface area contributed by atoms with Crippen molar-refractivity contribution in [3.8, 4) is 17.5 Å². The van der Waals surface area contributed by atoms with E-state index in [-0.39, 0.29) is 15.7 Å². The first-order valence-corrected chi connectivity index (χ1v) is 8.60. The summed E-state index contributed by atoms with van der Waals surface area (Å²) in [6.07, 6.45) is -3.33. The van der Waals surface area contributed by atoms with E-state index < -0.39 is 34.1 Å². The maximum Gasteiger partial charge on any atom is 0.416 e. The monoisotopic (exact) mass is 426 g/mol. The van der Waals surface area contributed by atoms with Crippen molar-refractivity contribution >= 4 is 34.0 Å². The van der Waals surface area contributed by atoms with Crippen molar-refractivity contribution in [3.63, 3.8) is 0 Å². The number of carbonyl (C=O) groups is 1. The molecule has 0 aliphatic rings. The number of benzene rings is 1. The molecule has 0 radical (unpaired) electrons. The Morgan fingerprint density at radius 2 is 2.04 bits per heavy atom. The quantitative estimate of drug-likeness (QED) is 0.588. The van der Waals surface area contributed by atoms with Gasteiger partial charge in [0, 0.05) is 6.20 Å². The van der Waals surface area contributed by atoms with Crippen LogP contribution in [0.15, 0.2) is 36.5 Å². The number of aromatic nitrogens is 2. The molecule has 0 atom stereocenters. The topological polar surface area (TPSA) is 78.7 Å². The Hall–Kier alpha value is -3.03. The highest BCUT2D eigenvalue weighted by Crippen LogP contribution is 2.34. The van der Waals surface area contributed by atoms with Crippen molar-refractivity contribution in [2.75, 3.05) is 5.32 Å². The average molecular weight is 427 g/mol. The van der Waals surface area contributed by atoms with E-state index in [0.717, 1.165) is 11.3 Å². The predicted molar refractivity (Wildman–Crippen MR) is 94.4 cm³/mol. The summed E-state index contributed by atoms with van der Waals surface area (Å²) in [5.41, 5.74) is -1.61. The molecule has 2 aromatic heterocycles. The van der Waals surface area contributed by atoms with Gasteiger partial charge < -0.3 is 0 Å². The number of hydrogen-bond acceptors (Lipinski definition) is 5. The van der Waals surface area contributed by atoms with Gasteiger partial charge in [-0.25, -0.2) is 9.37 Å². The average Bonchev–Trinajstić information content (AvgIpc) is 3.06. The highest BCUT2D eigenvalue weighted by Gasteiger charge is 2.33. The number of halogens is 5. The molecular weight excluding hydrogens is 420 g/mol. The van der Waals surface area contributed by atoms with Crippen molar-refractivity contribution in [3.05, 3.63) is 63.4 Å². The first-order valence-electron chi connectivity index (χ1n) is 7.40. The number of nitrogens with one attached hydrogen (secondary N) is 1. The zero-order valence-electron chi connectivity index (χ0n) is 13.5. The lowest BCUT2D eigenvalue weighted by Gasteiger charge is -2.10. The Balaban J connectivity index is 1.96. The van der Waals surface area contributed by atoms with Crippen LogP contribution in [-0.2, 0) is 6.18 Å². The highest BCUT2D eigenvalue weighted by molar-refractivity contribution is 7.16. The summed E-state index contributed by atoms with van der Waals surface area (Å²) in [7, 11) is 0. The molecule has 3 rings (SSSR count). The first-order chi connectivity index (χ1) is 13.2. The molecule has 0 unspecified atom stereocenters. The van der Waals surface area contributed by atoms with Crippen LogP contribution in [0.2, 0.25) is 5.02 Å². The van der Waals surface area contributed by atoms with Gasteiger partial charge in [0.2, 0.25) is 0 Å². The summed E-state index contributed by atoms with van der Waals surface area (Å²) >= 11 is 6.26. The van der Waals surface area contributed by atoms with Crippen LogP contribution in [0.4, 0.5) is 22.7 Å². The number of anilines is 1. The van der Waals surface area contributed by atoms with Crippen LogP contribution in [0, 0.1) is 17.1 Å². The smallest absolute Gasteiger partial charge is 0.298 e. The molecule has 5 nitrogen and oxygen atoms in total. The SMILES string of the molecule is N#Cc1sc(NC(=O)c2cc(C(F)(F)F)cc(Cl)c2F)nc1-c1ccccn1. The van der Waals surface area contributed by atoms with Gasteiger partial charge in [-0.05, 0) is 24.3 Å². The van der Waals surface area contributed by atoms with Gasteiger partial charge in [0.05, 0.1) is 21.8 Å². The number of rotatable bonds is 3. The van der Waals surface area contributed by atoms with Gasteiger partial charge in [0.25, 0.3) is 5.91 Å². The Labute approximate surface area is 164 Å². The minimum absolute atomic E-state index is 0.102. The van der Waals surface area contributed by atoms with Crippen LogP contribution in [-0.4, -0.2) is 15.9 Å². The summed E-state index contributed by atoms with van der Waals surface area (Å²) in [6.45, 7) is 0. The lowest BCUT2D eigenvalue weighted by molar-refractivity contribution is -0.137. The minimum Gasteiger partial charge on any atom is -0.298 e. The fourth-order valence-corrected chi connectivity index (χ4v) is 3.19. The third-order valence-corrected chi connectivity index (χ3v) is 4.61. The predicted octanol–water partition coefficient (Wildman–Crippen LogP) is 5.14. The fraction of sp³-hybridized carbons (Fsp3) is 0.0588. The Kier molecular flexibility index (Phi) is 5.31. The van der Waals surface area contributed by atoms with Crippen molar-refractivity contribution in [1.82, 2.24) is 9.97 Å². The Morgan fingerprint density at radius 1 is 1.29 bits per heavy atom. The molecule has 0 bridgehead atoms. The van der Waals surface area contributed by atoms with Gasteiger partial charge >= 0.3 is 6.18 Å². The Bertz CT molecular complexity index is 1090. The molecular formula is C17H7ClF4N4OS. The largest absolute Gasteiger partial charge is 0.416 e. The molecule has 2 heterocycles. The number of nitriles is 1. The molecule has 0 fully saturated rings. The van der Waals surface area contributed by atoms with Gasteiger partial charge in [-0.1, -0.05) is 29.0 Å². The number of amides is 1. The molecule has 1 aromatic carbocycles. The zero-order chi connectivity index (χ0) is 20.5. The maximum atomic E-state index is 14.1. The molecule has 142 valence electrons. The zero-order valence-corrected chi connectivity index (χ0v) is 15.1. The highest BCUT2D eigenvalue weighted by atomic mass is 35.5. The van der Waals surface area contributed by atoms with E-state index in [2.05, 4.69) is 15.3 Å².